The molecule has 1 aliphatic carbocycles. The van der Waals surface area contributed by atoms with Gasteiger partial charge in [0.15, 0.2) is 0 Å². The van der Waals surface area contributed by atoms with Gasteiger partial charge in [-0.15, -0.1) is 0 Å². The monoisotopic (exact) mass is 392 g/mol. The van der Waals surface area contributed by atoms with Gasteiger partial charge in [0.25, 0.3) is 0 Å². The van der Waals surface area contributed by atoms with Crippen molar-refractivity contribution in [1.82, 2.24) is 9.88 Å². The van der Waals surface area contributed by atoms with Gasteiger partial charge in [-0.3, -0.25) is 4.90 Å². The minimum atomic E-state index is 0.679. The van der Waals surface area contributed by atoms with Crippen LogP contribution in [0.15, 0.2) is 22.8 Å². The van der Waals surface area contributed by atoms with Crippen LogP contribution in [0.1, 0.15) is 36.8 Å². The number of hydrogen-bond donors (Lipinski definition) is 1. The van der Waals surface area contributed by atoms with Crippen LogP contribution in [0.3, 0.4) is 0 Å². The summed E-state index contributed by atoms with van der Waals surface area (Å²) in [6, 6.07) is 7.52. The Labute approximate surface area is 151 Å². The molecule has 0 spiro atoms. The molecule has 4 rings (SSSR count). The maximum absolute atomic E-state index is 3.77. The first-order valence-corrected chi connectivity index (χ1v) is 10.9. The van der Waals surface area contributed by atoms with Crippen molar-refractivity contribution in [1.29, 1.82) is 0 Å². The number of nitrogens with one attached hydrogen (secondary N) is 1. The molecule has 1 unspecified atom stereocenters. The van der Waals surface area contributed by atoms with E-state index in [9.17, 15) is 0 Å². The third-order valence-corrected chi connectivity index (χ3v) is 7.13. The summed E-state index contributed by atoms with van der Waals surface area (Å²) >= 11 is 5.78. The summed E-state index contributed by atoms with van der Waals surface area (Å²) in [6.45, 7) is 4.83. The predicted molar refractivity (Wildman–Crippen MR) is 105 cm³/mol. The van der Waals surface area contributed by atoms with E-state index < -0.39 is 0 Å². The van der Waals surface area contributed by atoms with Crippen LogP contribution in [-0.2, 0) is 6.42 Å². The van der Waals surface area contributed by atoms with E-state index in [1.165, 1.54) is 59.2 Å². The molecule has 1 saturated heterocycles. The van der Waals surface area contributed by atoms with Crippen LogP contribution in [0.4, 0.5) is 0 Å². The average Bonchev–Trinajstić information content (AvgIpc) is 2.86. The van der Waals surface area contributed by atoms with Crippen molar-refractivity contribution in [3.63, 3.8) is 0 Å². The number of benzene rings is 1. The second kappa shape index (κ2) is 6.45. The summed E-state index contributed by atoms with van der Waals surface area (Å²) in [7, 11) is 0. The van der Waals surface area contributed by atoms with E-state index in [1.54, 1.807) is 5.56 Å². The minimum Gasteiger partial charge on any atom is -0.349 e. The molecule has 1 fully saturated rings. The zero-order valence-corrected chi connectivity index (χ0v) is 16.3. The molecule has 1 aromatic carbocycles. The number of halogens is 1. The maximum Gasteiger partial charge on any atom is 0.0864 e. The van der Waals surface area contributed by atoms with Gasteiger partial charge in [-0.1, -0.05) is 19.1 Å². The van der Waals surface area contributed by atoms with Gasteiger partial charge in [0.05, 0.1) is 4.60 Å². The SMILES string of the molecule is CCCN1CC(CSC)C[C@@H]2c3cccc4[nH]c(Br)c(c34)C[C@H]21. The van der Waals surface area contributed by atoms with Gasteiger partial charge in [0.2, 0.25) is 0 Å². The second-order valence-electron chi connectivity index (χ2n) is 7.12. The maximum atomic E-state index is 3.77. The first-order chi connectivity index (χ1) is 11.2. The molecule has 23 heavy (non-hydrogen) atoms. The molecule has 2 nitrogen and oxygen atoms in total. The zero-order valence-electron chi connectivity index (χ0n) is 13.9. The highest BCUT2D eigenvalue weighted by molar-refractivity contribution is 9.10. The zero-order chi connectivity index (χ0) is 16.0. The Morgan fingerprint density at radius 1 is 1.39 bits per heavy atom. The van der Waals surface area contributed by atoms with Crippen LogP contribution >= 0.6 is 27.7 Å². The van der Waals surface area contributed by atoms with E-state index in [0.29, 0.717) is 12.0 Å². The quantitative estimate of drug-likeness (QED) is 0.785. The lowest BCUT2D eigenvalue weighted by Gasteiger charge is -2.47. The number of hydrogen-bond acceptors (Lipinski definition) is 2. The fourth-order valence-corrected chi connectivity index (χ4v) is 6.13. The number of nitrogens with zero attached hydrogens (tertiary/aromatic N) is 1. The minimum absolute atomic E-state index is 0.679. The Morgan fingerprint density at radius 3 is 3.04 bits per heavy atom. The molecule has 1 aliphatic heterocycles. The van der Waals surface area contributed by atoms with Gasteiger partial charge >= 0.3 is 0 Å². The largest absolute Gasteiger partial charge is 0.349 e. The molecule has 0 bridgehead atoms. The number of fused-ring (bicyclic) bond motifs is 2. The van der Waals surface area contributed by atoms with Crippen molar-refractivity contribution in [2.75, 3.05) is 25.1 Å². The van der Waals surface area contributed by atoms with Crippen LogP contribution in [0.2, 0.25) is 0 Å². The smallest absolute Gasteiger partial charge is 0.0864 e. The number of aromatic amines is 1. The third kappa shape index (κ3) is 2.67. The Kier molecular flexibility index (Phi) is 4.50. The summed E-state index contributed by atoms with van der Waals surface area (Å²) in [5.74, 6) is 2.83. The Balaban J connectivity index is 1.79. The molecule has 2 aromatic rings. The number of thioether (sulfide) groups is 1. The van der Waals surface area contributed by atoms with Gasteiger partial charge < -0.3 is 4.98 Å². The summed E-state index contributed by atoms with van der Waals surface area (Å²) < 4.78 is 1.20. The lowest BCUT2D eigenvalue weighted by Crippen LogP contribution is -2.50. The summed E-state index contributed by atoms with van der Waals surface area (Å²) in [5, 5.41) is 1.50. The van der Waals surface area contributed by atoms with Gasteiger partial charge in [-0.05, 0) is 76.9 Å². The lowest BCUT2D eigenvalue weighted by molar-refractivity contribution is 0.0925. The van der Waals surface area contributed by atoms with E-state index >= 15 is 0 Å². The number of aromatic nitrogens is 1. The molecule has 3 atom stereocenters. The van der Waals surface area contributed by atoms with Crippen molar-refractivity contribution in [3.05, 3.63) is 33.9 Å². The van der Waals surface area contributed by atoms with E-state index in [0.717, 1.165) is 5.92 Å². The first-order valence-electron chi connectivity index (χ1n) is 8.74. The van der Waals surface area contributed by atoms with Gasteiger partial charge in [-0.25, -0.2) is 0 Å². The van der Waals surface area contributed by atoms with Crippen LogP contribution in [0.25, 0.3) is 10.9 Å². The van der Waals surface area contributed by atoms with Crippen molar-refractivity contribution in [2.45, 2.75) is 38.1 Å². The lowest BCUT2D eigenvalue weighted by atomic mass is 9.72. The van der Waals surface area contributed by atoms with Crippen LogP contribution < -0.4 is 0 Å². The number of H-pyrrole nitrogens is 1. The van der Waals surface area contributed by atoms with Gasteiger partial charge in [-0.2, -0.15) is 11.8 Å². The third-order valence-electron chi connectivity index (χ3n) is 5.65. The van der Waals surface area contributed by atoms with E-state index in [2.05, 4.69) is 57.2 Å². The summed E-state index contributed by atoms with van der Waals surface area (Å²) in [4.78, 5) is 6.33. The molecule has 1 aromatic heterocycles. The Hall–Kier alpha value is -0.450. The van der Waals surface area contributed by atoms with E-state index in [4.69, 9.17) is 0 Å². The Bertz CT molecular complexity index is 711. The molecule has 1 N–H and O–H groups in total. The number of rotatable bonds is 4. The van der Waals surface area contributed by atoms with Gasteiger partial charge in [0, 0.05) is 29.4 Å². The standard InChI is InChI=1S/C19H25BrN2S/c1-3-7-22-10-12(11-23-2)8-14-13-5-4-6-16-18(13)15(9-17(14)22)19(20)21-16/h4-6,12,14,17,21H,3,7-11H2,1-2H3/t12?,14-,17-/m1/s1. The second-order valence-corrected chi connectivity index (χ2v) is 8.82. The molecule has 0 saturated carbocycles. The van der Waals surface area contributed by atoms with Crippen molar-refractivity contribution in [2.24, 2.45) is 5.92 Å². The van der Waals surface area contributed by atoms with Crippen molar-refractivity contribution >= 4 is 38.6 Å². The van der Waals surface area contributed by atoms with Gasteiger partial charge in [0.1, 0.15) is 0 Å². The number of piperidine rings is 1. The highest BCUT2D eigenvalue weighted by atomic mass is 79.9. The molecule has 124 valence electrons. The average molecular weight is 393 g/mol. The van der Waals surface area contributed by atoms with Crippen molar-refractivity contribution < 1.29 is 0 Å². The van der Waals surface area contributed by atoms with E-state index in [1.807, 2.05) is 11.8 Å². The normalized spacial score (nSPS) is 27.3. The number of likely N-dealkylation sites (tertiary alicyclic amines) is 1. The molecule has 2 heterocycles. The van der Waals surface area contributed by atoms with E-state index in [-0.39, 0.29) is 0 Å². The topological polar surface area (TPSA) is 19.0 Å². The molecule has 0 amide bonds. The highest BCUT2D eigenvalue weighted by Gasteiger charge is 2.40. The van der Waals surface area contributed by atoms with Crippen LogP contribution in [0, 0.1) is 5.92 Å². The fourth-order valence-electron chi connectivity index (χ4n) is 4.84. The predicted octanol–water partition coefficient (Wildman–Crippen LogP) is 5.03. The van der Waals surface area contributed by atoms with Crippen LogP contribution in [0.5, 0.6) is 0 Å². The summed E-state index contributed by atoms with van der Waals surface area (Å²) in [6.07, 6.45) is 6.04. The van der Waals surface area contributed by atoms with Crippen molar-refractivity contribution in [3.8, 4) is 0 Å². The molecular weight excluding hydrogens is 368 g/mol. The highest BCUT2D eigenvalue weighted by Crippen LogP contribution is 2.46. The molecular formula is C19H25BrN2S. The molecule has 0 radical (unpaired) electrons. The summed E-state index contributed by atoms with van der Waals surface area (Å²) in [5.41, 5.74) is 4.39. The fraction of sp³-hybridized carbons (Fsp3) is 0.579. The molecule has 4 heteroatoms. The molecule has 2 aliphatic rings. The first kappa shape index (κ1) is 16.0. The van der Waals surface area contributed by atoms with Crippen LogP contribution in [-0.4, -0.2) is 41.0 Å². The Morgan fingerprint density at radius 2 is 2.26 bits per heavy atom.